The third kappa shape index (κ3) is 2.32. The minimum absolute atomic E-state index is 0.733. The molecule has 3 rings (SSSR count). The maximum Gasteiger partial charge on any atom is 0.146 e. The van der Waals surface area contributed by atoms with Crippen LogP contribution in [0, 0.1) is 0 Å². The van der Waals surface area contributed by atoms with Crippen LogP contribution in [-0.2, 0) is 26.7 Å². The Morgan fingerprint density at radius 3 is 2.90 bits per heavy atom. The van der Waals surface area contributed by atoms with E-state index in [2.05, 4.69) is 69.1 Å². The number of para-hydroxylation sites is 1. The van der Waals surface area contributed by atoms with Crippen molar-refractivity contribution in [3.05, 3.63) is 48.2 Å². The summed E-state index contributed by atoms with van der Waals surface area (Å²) in [6.07, 6.45) is 3.96. The zero-order chi connectivity index (χ0) is 13.9. The number of hydrogen-bond donors (Lipinski definition) is 1. The maximum absolute atomic E-state index is 4.13. The van der Waals surface area contributed by atoms with Crippen molar-refractivity contribution in [3.8, 4) is 0 Å². The van der Waals surface area contributed by atoms with Crippen molar-refractivity contribution in [1.82, 2.24) is 24.6 Å². The van der Waals surface area contributed by atoms with Crippen molar-refractivity contribution in [2.75, 3.05) is 0 Å². The molecule has 0 fully saturated rings. The average molecular weight is 269 g/mol. The SMILES string of the molecule is CCn1cnnc1CNCc1cn(C)c2ccccc12. The lowest BCUT2D eigenvalue weighted by Crippen LogP contribution is -2.16. The molecule has 2 heterocycles. The molecule has 5 heteroatoms. The first-order valence-corrected chi connectivity index (χ1v) is 6.90. The molecule has 0 saturated heterocycles. The zero-order valence-corrected chi connectivity index (χ0v) is 11.9. The predicted molar refractivity (Wildman–Crippen MR) is 79.2 cm³/mol. The molecule has 0 radical (unpaired) electrons. The van der Waals surface area contributed by atoms with Crippen LogP contribution in [0.3, 0.4) is 0 Å². The Bertz CT molecular complexity index is 710. The van der Waals surface area contributed by atoms with E-state index in [0.717, 1.165) is 25.5 Å². The van der Waals surface area contributed by atoms with Gasteiger partial charge in [0.05, 0.1) is 6.54 Å². The average Bonchev–Trinajstić information content (AvgIpc) is 3.05. The molecule has 3 aromatic rings. The highest BCUT2D eigenvalue weighted by Gasteiger charge is 2.06. The molecule has 1 N–H and O–H groups in total. The van der Waals surface area contributed by atoms with Crippen LogP contribution in [0.4, 0.5) is 0 Å². The fourth-order valence-corrected chi connectivity index (χ4v) is 2.56. The number of aromatic nitrogens is 4. The molecule has 104 valence electrons. The Morgan fingerprint density at radius 1 is 1.20 bits per heavy atom. The van der Waals surface area contributed by atoms with Gasteiger partial charge in [-0.3, -0.25) is 0 Å². The first kappa shape index (κ1) is 12.9. The van der Waals surface area contributed by atoms with Gasteiger partial charge in [0, 0.05) is 37.2 Å². The standard InChI is InChI=1S/C15H19N5/c1-3-20-11-17-18-15(20)9-16-8-12-10-19(2)14-7-5-4-6-13(12)14/h4-7,10-11,16H,3,8-9H2,1-2H3. The molecule has 0 bridgehead atoms. The van der Waals surface area contributed by atoms with Crippen molar-refractivity contribution in [1.29, 1.82) is 0 Å². The van der Waals surface area contributed by atoms with Gasteiger partial charge in [0.2, 0.25) is 0 Å². The number of fused-ring (bicyclic) bond motifs is 1. The molecule has 0 atom stereocenters. The predicted octanol–water partition coefficient (Wildman–Crippen LogP) is 2.08. The molecule has 2 aromatic heterocycles. The summed E-state index contributed by atoms with van der Waals surface area (Å²) in [6.45, 7) is 4.56. The van der Waals surface area contributed by atoms with E-state index in [-0.39, 0.29) is 0 Å². The monoisotopic (exact) mass is 269 g/mol. The molecule has 0 aliphatic heterocycles. The summed E-state index contributed by atoms with van der Waals surface area (Å²) in [5, 5.41) is 12.8. The van der Waals surface area contributed by atoms with Crippen LogP contribution in [0.25, 0.3) is 10.9 Å². The van der Waals surface area contributed by atoms with Crippen LogP contribution < -0.4 is 5.32 Å². The lowest BCUT2D eigenvalue weighted by atomic mass is 10.2. The van der Waals surface area contributed by atoms with Crippen molar-refractivity contribution in [2.45, 2.75) is 26.6 Å². The van der Waals surface area contributed by atoms with E-state index in [4.69, 9.17) is 0 Å². The van der Waals surface area contributed by atoms with E-state index in [1.165, 1.54) is 16.5 Å². The van der Waals surface area contributed by atoms with Gasteiger partial charge in [-0.15, -0.1) is 10.2 Å². The van der Waals surface area contributed by atoms with Crippen LogP contribution in [-0.4, -0.2) is 19.3 Å². The van der Waals surface area contributed by atoms with E-state index in [0.29, 0.717) is 0 Å². The molecule has 20 heavy (non-hydrogen) atoms. The Kier molecular flexibility index (Phi) is 3.52. The second-order valence-electron chi connectivity index (χ2n) is 4.92. The van der Waals surface area contributed by atoms with Gasteiger partial charge in [-0.25, -0.2) is 0 Å². The Hall–Kier alpha value is -2.14. The largest absolute Gasteiger partial charge is 0.350 e. The molecule has 0 aliphatic carbocycles. The van der Waals surface area contributed by atoms with Gasteiger partial charge in [0.1, 0.15) is 12.2 Å². The zero-order valence-electron chi connectivity index (χ0n) is 11.9. The molecule has 0 aliphatic rings. The van der Waals surface area contributed by atoms with Gasteiger partial charge in [-0.2, -0.15) is 0 Å². The second kappa shape index (κ2) is 5.46. The lowest BCUT2D eigenvalue weighted by molar-refractivity contribution is 0.613. The third-order valence-electron chi connectivity index (χ3n) is 3.61. The number of benzene rings is 1. The first-order chi connectivity index (χ1) is 9.79. The van der Waals surface area contributed by atoms with Gasteiger partial charge >= 0.3 is 0 Å². The van der Waals surface area contributed by atoms with Crippen molar-refractivity contribution in [3.63, 3.8) is 0 Å². The topological polar surface area (TPSA) is 47.7 Å². The fourth-order valence-electron chi connectivity index (χ4n) is 2.56. The van der Waals surface area contributed by atoms with E-state index >= 15 is 0 Å². The van der Waals surface area contributed by atoms with Gasteiger partial charge in [0.25, 0.3) is 0 Å². The van der Waals surface area contributed by atoms with Crippen molar-refractivity contribution in [2.24, 2.45) is 7.05 Å². The first-order valence-electron chi connectivity index (χ1n) is 6.90. The van der Waals surface area contributed by atoms with Crippen LogP contribution >= 0.6 is 0 Å². The van der Waals surface area contributed by atoms with Gasteiger partial charge in [-0.1, -0.05) is 18.2 Å². The molecule has 0 saturated carbocycles. The van der Waals surface area contributed by atoms with Gasteiger partial charge in [-0.05, 0) is 18.6 Å². The second-order valence-corrected chi connectivity index (χ2v) is 4.92. The molecule has 0 spiro atoms. The summed E-state index contributed by atoms with van der Waals surface area (Å²) in [6, 6.07) is 8.47. The molecular weight excluding hydrogens is 250 g/mol. The third-order valence-corrected chi connectivity index (χ3v) is 3.61. The Morgan fingerprint density at radius 2 is 2.05 bits per heavy atom. The molecule has 5 nitrogen and oxygen atoms in total. The lowest BCUT2D eigenvalue weighted by Gasteiger charge is -2.05. The minimum atomic E-state index is 0.733. The number of aryl methyl sites for hydroxylation is 2. The summed E-state index contributed by atoms with van der Waals surface area (Å²) in [4.78, 5) is 0. The van der Waals surface area contributed by atoms with E-state index in [9.17, 15) is 0 Å². The van der Waals surface area contributed by atoms with Crippen LogP contribution in [0.15, 0.2) is 36.8 Å². The summed E-state index contributed by atoms with van der Waals surface area (Å²) in [7, 11) is 2.08. The number of rotatable bonds is 5. The highest BCUT2D eigenvalue weighted by molar-refractivity contribution is 5.83. The smallest absolute Gasteiger partial charge is 0.146 e. The maximum atomic E-state index is 4.13. The minimum Gasteiger partial charge on any atom is -0.350 e. The summed E-state index contributed by atoms with van der Waals surface area (Å²) in [5.41, 5.74) is 2.58. The summed E-state index contributed by atoms with van der Waals surface area (Å²) >= 11 is 0. The van der Waals surface area contributed by atoms with Crippen LogP contribution in [0.1, 0.15) is 18.3 Å². The quantitative estimate of drug-likeness (QED) is 0.771. The highest BCUT2D eigenvalue weighted by Crippen LogP contribution is 2.19. The number of nitrogens with one attached hydrogen (secondary N) is 1. The van der Waals surface area contributed by atoms with Gasteiger partial charge in [0.15, 0.2) is 0 Å². The fraction of sp³-hybridized carbons (Fsp3) is 0.333. The Labute approximate surface area is 118 Å². The van der Waals surface area contributed by atoms with E-state index in [1.807, 2.05) is 0 Å². The molecular formula is C15H19N5. The molecule has 0 amide bonds. The van der Waals surface area contributed by atoms with Crippen LogP contribution in [0.5, 0.6) is 0 Å². The number of hydrogen-bond acceptors (Lipinski definition) is 3. The van der Waals surface area contributed by atoms with Crippen LogP contribution in [0.2, 0.25) is 0 Å². The van der Waals surface area contributed by atoms with Gasteiger partial charge < -0.3 is 14.5 Å². The normalized spacial score (nSPS) is 11.3. The van der Waals surface area contributed by atoms with Crippen molar-refractivity contribution < 1.29 is 0 Å². The Balaban J connectivity index is 1.71. The van der Waals surface area contributed by atoms with E-state index in [1.54, 1.807) is 6.33 Å². The van der Waals surface area contributed by atoms with Crippen molar-refractivity contribution >= 4 is 10.9 Å². The molecule has 1 aromatic carbocycles. The highest BCUT2D eigenvalue weighted by atomic mass is 15.3. The summed E-state index contributed by atoms with van der Waals surface area (Å²) in [5.74, 6) is 0.979. The summed E-state index contributed by atoms with van der Waals surface area (Å²) < 4.78 is 4.22. The van der Waals surface area contributed by atoms with E-state index < -0.39 is 0 Å². The molecule has 0 unspecified atom stereocenters. The number of nitrogens with zero attached hydrogens (tertiary/aromatic N) is 4.